The number of likely N-dealkylation sites (N-methyl/N-ethyl adjacent to an activating group) is 1. The van der Waals surface area contributed by atoms with E-state index in [1.807, 2.05) is 30.2 Å². The zero-order valence-corrected chi connectivity index (χ0v) is 18.3. The second kappa shape index (κ2) is 12.7. The fourth-order valence-electron chi connectivity index (χ4n) is 2.72. The number of nitrogens with zero attached hydrogens (tertiary/aromatic N) is 4. The summed E-state index contributed by atoms with van der Waals surface area (Å²) in [5.74, 6) is 0.834. The number of rotatable bonds is 9. The summed E-state index contributed by atoms with van der Waals surface area (Å²) in [5, 5.41) is 11.1. The largest absolute Gasteiger partial charge is 0.355 e. The van der Waals surface area contributed by atoms with Crippen molar-refractivity contribution < 1.29 is 0 Å². The van der Waals surface area contributed by atoms with Gasteiger partial charge in [0.25, 0.3) is 0 Å². The maximum atomic E-state index is 4.32. The van der Waals surface area contributed by atoms with Crippen molar-refractivity contribution in [1.29, 1.82) is 0 Å². The Kier molecular flexibility index (Phi) is 11.0. The van der Waals surface area contributed by atoms with Crippen molar-refractivity contribution in [3.63, 3.8) is 0 Å². The minimum Gasteiger partial charge on any atom is -0.355 e. The van der Waals surface area contributed by atoms with Gasteiger partial charge in [0.2, 0.25) is 0 Å². The Bertz CT molecular complexity index is 637. The SMILES string of the molecule is CCN(CC)CCNC(=NC)NCc1ccccc1Cn1cccn1.I. The Labute approximate surface area is 174 Å². The number of hydrogen-bond donors (Lipinski definition) is 2. The van der Waals surface area contributed by atoms with Crippen LogP contribution in [-0.4, -0.2) is 53.9 Å². The van der Waals surface area contributed by atoms with Crippen molar-refractivity contribution in [3.8, 4) is 0 Å². The summed E-state index contributed by atoms with van der Waals surface area (Å²) >= 11 is 0. The Morgan fingerprint density at radius 3 is 2.46 bits per heavy atom. The predicted molar refractivity (Wildman–Crippen MR) is 119 cm³/mol. The summed E-state index contributed by atoms with van der Waals surface area (Å²) < 4.78 is 1.94. The van der Waals surface area contributed by atoms with E-state index in [-0.39, 0.29) is 24.0 Å². The van der Waals surface area contributed by atoms with Gasteiger partial charge >= 0.3 is 0 Å². The summed E-state index contributed by atoms with van der Waals surface area (Å²) in [6.45, 7) is 9.94. The molecule has 1 aromatic carbocycles. The first-order valence-corrected chi connectivity index (χ1v) is 8.97. The van der Waals surface area contributed by atoms with Crippen molar-refractivity contribution in [2.75, 3.05) is 33.2 Å². The molecule has 2 aromatic rings. The monoisotopic (exact) mass is 470 g/mol. The molecule has 2 N–H and O–H groups in total. The van der Waals surface area contributed by atoms with Gasteiger partial charge in [0.05, 0.1) is 6.54 Å². The second-order valence-electron chi connectivity index (χ2n) is 5.85. The second-order valence-corrected chi connectivity index (χ2v) is 5.85. The lowest BCUT2D eigenvalue weighted by Crippen LogP contribution is -2.41. The standard InChI is InChI=1S/C19H30N6.HI/c1-4-24(5-2)14-12-21-19(20-3)22-15-17-9-6-7-10-18(17)16-25-13-8-11-23-25;/h6-11,13H,4-5,12,14-16H2,1-3H3,(H2,20,21,22);1H. The summed E-state index contributed by atoms with van der Waals surface area (Å²) in [5.41, 5.74) is 2.52. The van der Waals surface area contributed by atoms with Crippen LogP contribution in [0.2, 0.25) is 0 Å². The summed E-state index contributed by atoms with van der Waals surface area (Å²) in [6, 6.07) is 10.4. The van der Waals surface area contributed by atoms with Crippen LogP contribution < -0.4 is 10.6 Å². The number of halogens is 1. The first-order chi connectivity index (χ1) is 12.3. The molecule has 0 saturated heterocycles. The quantitative estimate of drug-likeness (QED) is 0.336. The van der Waals surface area contributed by atoms with E-state index in [1.54, 1.807) is 0 Å². The molecule has 0 saturated carbocycles. The molecule has 0 aliphatic carbocycles. The Morgan fingerprint density at radius 1 is 1.12 bits per heavy atom. The maximum absolute atomic E-state index is 4.32. The van der Waals surface area contributed by atoms with Crippen molar-refractivity contribution in [1.82, 2.24) is 25.3 Å². The van der Waals surface area contributed by atoms with Crippen LogP contribution in [0.3, 0.4) is 0 Å². The smallest absolute Gasteiger partial charge is 0.191 e. The highest BCUT2D eigenvalue weighted by atomic mass is 127. The van der Waals surface area contributed by atoms with Crippen molar-refractivity contribution in [3.05, 3.63) is 53.9 Å². The van der Waals surface area contributed by atoms with Gasteiger partial charge in [0.1, 0.15) is 0 Å². The summed E-state index contributed by atoms with van der Waals surface area (Å²) in [4.78, 5) is 6.70. The summed E-state index contributed by atoms with van der Waals surface area (Å²) in [6.07, 6.45) is 3.79. The van der Waals surface area contributed by atoms with Gasteiger partial charge in [-0.1, -0.05) is 38.1 Å². The highest BCUT2D eigenvalue weighted by Gasteiger charge is 2.05. The minimum atomic E-state index is 0. The third kappa shape index (κ3) is 7.33. The lowest BCUT2D eigenvalue weighted by atomic mass is 10.1. The molecule has 0 radical (unpaired) electrons. The van der Waals surface area contributed by atoms with Gasteiger partial charge in [0, 0.05) is 39.1 Å². The van der Waals surface area contributed by atoms with Crippen LogP contribution in [0, 0.1) is 0 Å². The average molecular weight is 470 g/mol. The van der Waals surface area contributed by atoms with Gasteiger partial charge < -0.3 is 15.5 Å². The van der Waals surface area contributed by atoms with Gasteiger partial charge in [0.15, 0.2) is 5.96 Å². The normalized spacial score (nSPS) is 11.3. The molecule has 0 atom stereocenters. The van der Waals surface area contributed by atoms with Gasteiger partial charge in [-0.25, -0.2) is 0 Å². The molecule has 6 nitrogen and oxygen atoms in total. The van der Waals surface area contributed by atoms with Crippen LogP contribution in [0.1, 0.15) is 25.0 Å². The maximum Gasteiger partial charge on any atom is 0.191 e. The van der Waals surface area contributed by atoms with E-state index < -0.39 is 0 Å². The van der Waals surface area contributed by atoms with Crippen LogP contribution >= 0.6 is 24.0 Å². The molecule has 0 aliphatic rings. The third-order valence-electron chi connectivity index (χ3n) is 4.29. The number of aromatic nitrogens is 2. The molecule has 0 unspecified atom stereocenters. The van der Waals surface area contributed by atoms with Crippen molar-refractivity contribution in [2.45, 2.75) is 26.9 Å². The molecule has 0 spiro atoms. The van der Waals surface area contributed by atoms with Crippen LogP contribution in [-0.2, 0) is 13.1 Å². The third-order valence-corrected chi connectivity index (χ3v) is 4.29. The topological polar surface area (TPSA) is 57.5 Å². The van der Waals surface area contributed by atoms with Crippen LogP contribution in [0.5, 0.6) is 0 Å². The molecular formula is C19H31IN6. The average Bonchev–Trinajstić information content (AvgIpc) is 3.15. The lowest BCUT2D eigenvalue weighted by Gasteiger charge is -2.19. The van der Waals surface area contributed by atoms with E-state index in [9.17, 15) is 0 Å². The van der Waals surface area contributed by atoms with Crippen molar-refractivity contribution in [2.24, 2.45) is 4.99 Å². The molecule has 2 rings (SSSR count). The van der Waals surface area contributed by atoms with E-state index in [2.05, 4.69) is 63.7 Å². The highest BCUT2D eigenvalue weighted by molar-refractivity contribution is 14.0. The lowest BCUT2D eigenvalue weighted by molar-refractivity contribution is 0.308. The van der Waals surface area contributed by atoms with Gasteiger partial charge in [-0.3, -0.25) is 9.67 Å². The number of guanidine groups is 1. The van der Waals surface area contributed by atoms with Crippen LogP contribution in [0.25, 0.3) is 0 Å². The fourth-order valence-corrected chi connectivity index (χ4v) is 2.72. The van der Waals surface area contributed by atoms with Crippen molar-refractivity contribution >= 4 is 29.9 Å². The number of hydrogen-bond acceptors (Lipinski definition) is 3. The van der Waals surface area contributed by atoms with E-state index in [0.29, 0.717) is 0 Å². The van der Waals surface area contributed by atoms with Crippen LogP contribution in [0.15, 0.2) is 47.7 Å². The fraction of sp³-hybridized carbons (Fsp3) is 0.474. The van der Waals surface area contributed by atoms with E-state index in [1.165, 1.54) is 11.1 Å². The molecule has 0 fully saturated rings. The highest BCUT2D eigenvalue weighted by Crippen LogP contribution is 2.10. The molecule has 7 heteroatoms. The van der Waals surface area contributed by atoms with E-state index in [4.69, 9.17) is 0 Å². The number of nitrogens with one attached hydrogen (secondary N) is 2. The Morgan fingerprint density at radius 2 is 1.85 bits per heavy atom. The Hall–Kier alpha value is -1.61. The predicted octanol–water partition coefficient (Wildman–Crippen LogP) is 2.56. The van der Waals surface area contributed by atoms with Gasteiger partial charge in [-0.05, 0) is 30.3 Å². The molecule has 0 amide bonds. The molecule has 0 aliphatic heterocycles. The molecular weight excluding hydrogens is 439 g/mol. The molecule has 1 aromatic heterocycles. The van der Waals surface area contributed by atoms with E-state index in [0.717, 1.165) is 45.2 Å². The van der Waals surface area contributed by atoms with E-state index >= 15 is 0 Å². The molecule has 0 bridgehead atoms. The zero-order valence-electron chi connectivity index (χ0n) is 16.0. The number of aliphatic imine (C=N–C) groups is 1. The van der Waals surface area contributed by atoms with Crippen LogP contribution in [0.4, 0.5) is 0 Å². The van der Waals surface area contributed by atoms with Gasteiger partial charge in [-0.15, -0.1) is 24.0 Å². The minimum absolute atomic E-state index is 0. The first kappa shape index (κ1) is 22.4. The zero-order chi connectivity index (χ0) is 17.9. The molecule has 144 valence electrons. The first-order valence-electron chi connectivity index (χ1n) is 8.97. The molecule has 26 heavy (non-hydrogen) atoms. The molecule has 1 heterocycles. The number of benzene rings is 1. The van der Waals surface area contributed by atoms with Gasteiger partial charge in [-0.2, -0.15) is 5.10 Å². The Balaban J connectivity index is 0.00000338. The summed E-state index contributed by atoms with van der Waals surface area (Å²) in [7, 11) is 1.81.